The van der Waals surface area contributed by atoms with Crippen molar-refractivity contribution in [1.29, 1.82) is 0 Å². The third-order valence-corrected chi connectivity index (χ3v) is 2.47. The zero-order chi connectivity index (χ0) is 13.4. The van der Waals surface area contributed by atoms with Gasteiger partial charge in [-0.3, -0.25) is 14.3 Å². The van der Waals surface area contributed by atoms with Gasteiger partial charge in [0.2, 0.25) is 5.91 Å². The highest BCUT2D eigenvalue weighted by Crippen LogP contribution is 2.00. The summed E-state index contributed by atoms with van der Waals surface area (Å²) in [6, 6.07) is 1.84. The van der Waals surface area contributed by atoms with Crippen molar-refractivity contribution >= 4 is 11.9 Å². The molecule has 1 heterocycles. The molecule has 0 bridgehead atoms. The van der Waals surface area contributed by atoms with Gasteiger partial charge in [0.15, 0.2) is 0 Å². The summed E-state index contributed by atoms with van der Waals surface area (Å²) in [6.45, 7) is 2.55. The Balaban J connectivity index is 2.13. The van der Waals surface area contributed by atoms with Crippen LogP contribution in [0, 0.1) is 0 Å². The van der Waals surface area contributed by atoms with Gasteiger partial charge in [0.1, 0.15) is 0 Å². The van der Waals surface area contributed by atoms with Gasteiger partial charge in [0.25, 0.3) is 0 Å². The number of rotatable bonds is 8. The van der Waals surface area contributed by atoms with Gasteiger partial charge in [-0.2, -0.15) is 5.10 Å². The van der Waals surface area contributed by atoms with E-state index in [0.717, 1.165) is 0 Å². The van der Waals surface area contributed by atoms with Crippen molar-refractivity contribution in [2.75, 3.05) is 0 Å². The first-order valence-corrected chi connectivity index (χ1v) is 6.06. The molecular formula is C12H19N3O3. The fourth-order valence-electron chi connectivity index (χ4n) is 1.64. The summed E-state index contributed by atoms with van der Waals surface area (Å²) in [5.74, 6) is -0.859. The van der Waals surface area contributed by atoms with Crippen molar-refractivity contribution < 1.29 is 14.7 Å². The molecule has 0 aliphatic carbocycles. The Bertz CT molecular complexity index is 376. The summed E-state index contributed by atoms with van der Waals surface area (Å²) in [5, 5.41) is 15.4. The first-order valence-electron chi connectivity index (χ1n) is 6.06. The lowest BCUT2D eigenvalue weighted by Crippen LogP contribution is -2.35. The maximum atomic E-state index is 11.5. The molecule has 1 aromatic heterocycles. The summed E-state index contributed by atoms with van der Waals surface area (Å²) in [4.78, 5) is 21.8. The van der Waals surface area contributed by atoms with Crippen LogP contribution in [0.5, 0.6) is 0 Å². The SMILES string of the molecule is CC(Cn1cccn1)NC(=O)CCCCC(=O)O. The molecule has 6 heteroatoms. The Morgan fingerprint density at radius 1 is 1.39 bits per heavy atom. The van der Waals surface area contributed by atoms with Gasteiger partial charge >= 0.3 is 5.97 Å². The minimum Gasteiger partial charge on any atom is -0.481 e. The molecule has 0 radical (unpaired) electrons. The summed E-state index contributed by atoms with van der Waals surface area (Å²) >= 11 is 0. The lowest BCUT2D eigenvalue weighted by Gasteiger charge is -2.13. The number of carboxylic acid groups (broad SMARTS) is 1. The van der Waals surface area contributed by atoms with E-state index in [1.54, 1.807) is 10.9 Å². The van der Waals surface area contributed by atoms with Crippen LogP contribution in [-0.2, 0) is 16.1 Å². The van der Waals surface area contributed by atoms with Crippen molar-refractivity contribution in [1.82, 2.24) is 15.1 Å². The smallest absolute Gasteiger partial charge is 0.303 e. The summed E-state index contributed by atoms with van der Waals surface area (Å²) in [5.41, 5.74) is 0. The van der Waals surface area contributed by atoms with E-state index >= 15 is 0 Å². The molecule has 1 aromatic rings. The molecule has 6 nitrogen and oxygen atoms in total. The third kappa shape index (κ3) is 6.03. The van der Waals surface area contributed by atoms with Crippen molar-refractivity contribution in [3.63, 3.8) is 0 Å². The number of nitrogens with zero attached hydrogens (tertiary/aromatic N) is 2. The molecule has 2 N–H and O–H groups in total. The van der Waals surface area contributed by atoms with Gasteiger partial charge in [-0.05, 0) is 25.8 Å². The Hall–Kier alpha value is -1.85. The van der Waals surface area contributed by atoms with Crippen LogP contribution in [0.1, 0.15) is 32.6 Å². The molecule has 0 fully saturated rings. The first-order chi connectivity index (χ1) is 8.58. The number of carbonyl (C=O) groups is 2. The van der Waals surface area contributed by atoms with Crippen LogP contribution < -0.4 is 5.32 Å². The monoisotopic (exact) mass is 253 g/mol. The number of unbranched alkanes of at least 4 members (excludes halogenated alkanes) is 1. The van der Waals surface area contributed by atoms with E-state index in [9.17, 15) is 9.59 Å². The molecule has 18 heavy (non-hydrogen) atoms. The van der Waals surface area contributed by atoms with Crippen LogP contribution in [-0.4, -0.2) is 32.8 Å². The standard InChI is InChI=1S/C12H19N3O3/c1-10(9-15-8-4-7-13-15)14-11(16)5-2-3-6-12(17)18/h4,7-8,10H,2-3,5-6,9H2,1H3,(H,14,16)(H,17,18). The molecular weight excluding hydrogens is 234 g/mol. The predicted molar refractivity (Wildman–Crippen MR) is 65.9 cm³/mol. The van der Waals surface area contributed by atoms with Crippen molar-refractivity contribution in [3.8, 4) is 0 Å². The average molecular weight is 253 g/mol. The average Bonchev–Trinajstić information content (AvgIpc) is 2.76. The maximum absolute atomic E-state index is 11.5. The van der Waals surface area contributed by atoms with E-state index in [1.807, 2.05) is 19.2 Å². The number of amides is 1. The molecule has 0 aliphatic heterocycles. The molecule has 0 saturated heterocycles. The first kappa shape index (κ1) is 14.2. The van der Waals surface area contributed by atoms with Gasteiger partial charge in [-0.1, -0.05) is 0 Å². The zero-order valence-corrected chi connectivity index (χ0v) is 10.5. The Morgan fingerprint density at radius 3 is 2.72 bits per heavy atom. The Kier molecular flexibility index (Phi) is 5.90. The van der Waals surface area contributed by atoms with E-state index in [-0.39, 0.29) is 18.4 Å². The van der Waals surface area contributed by atoms with Gasteiger partial charge in [0, 0.05) is 31.3 Å². The minimum atomic E-state index is -0.817. The minimum absolute atomic E-state index is 0.0110. The summed E-state index contributed by atoms with van der Waals surface area (Å²) in [6.07, 6.45) is 5.17. The largest absolute Gasteiger partial charge is 0.481 e. The van der Waals surface area contributed by atoms with E-state index in [4.69, 9.17) is 5.11 Å². The molecule has 1 atom stereocenters. The Morgan fingerprint density at radius 2 is 2.11 bits per heavy atom. The fraction of sp³-hybridized carbons (Fsp3) is 0.583. The van der Waals surface area contributed by atoms with Gasteiger partial charge in [-0.25, -0.2) is 0 Å². The third-order valence-electron chi connectivity index (χ3n) is 2.47. The number of hydrogen-bond donors (Lipinski definition) is 2. The maximum Gasteiger partial charge on any atom is 0.303 e. The van der Waals surface area contributed by atoms with Crippen molar-refractivity contribution in [2.24, 2.45) is 0 Å². The molecule has 1 rings (SSSR count). The molecule has 0 saturated carbocycles. The van der Waals surface area contributed by atoms with Crippen LogP contribution in [0.15, 0.2) is 18.5 Å². The quantitative estimate of drug-likeness (QED) is 0.678. The van der Waals surface area contributed by atoms with Crippen LogP contribution >= 0.6 is 0 Å². The van der Waals surface area contributed by atoms with E-state index < -0.39 is 5.97 Å². The van der Waals surface area contributed by atoms with Crippen molar-refractivity contribution in [3.05, 3.63) is 18.5 Å². The number of aromatic nitrogens is 2. The van der Waals surface area contributed by atoms with Crippen molar-refractivity contribution in [2.45, 2.75) is 45.2 Å². The van der Waals surface area contributed by atoms with E-state index in [1.165, 1.54) is 0 Å². The zero-order valence-electron chi connectivity index (χ0n) is 10.5. The molecule has 0 aliphatic rings. The lowest BCUT2D eigenvalue weighted by molar-refractivity contribution is -0.137. The van der Waals surface area contributed by atoms with Gasteiger partial charge in [-0.15, -0.1) is 0 Å². The summed E-state index contributed by atoms with van der Waals surface area (Å²) in [7, 11) is 0. The molecule has 1 amide bonds. The highest BCUT2D eigenvalue weighted by molar-refractivity contribution is 5.76. The van der Waals surface area contributed by atoms with E-state index in [2.05, 4.69) is 10.4 Å². The van der Waals surface area contributed by atoms with Gasteiger partial charge < -0.3 is 10.4 Å². The van der Waals surface area contributed by atoms with Crippen LogP contribution in [0.2, 0.25) is 0 Å². The molecule has 0 spiro atoms. The van der Waals surface area contributed by atoms with Crippen LogP contribution in [0.3, 0.4) is 0 Å². The van der Waals surface area contributed by atoms with Crippen LogP contribution in [0.25, 0.3) is 0 Å². The molecule has 0 aromatic carbocycles. The Labute approximate surface area is 106 Å². The second-order valence-electron chi connectivity index (χ2n) is 4.30. The second kappa shape index (κ2) is 7.47. The predicted octanol–water partition coefficient (Wildman–Crippen LogP) is 1.03. The normalized spacial score (nSPS) is 12.1. The highest BCUT2D eigenvalue weighted by atomic mass is 16.4. The molecule has 100 valence electrons. The topological polar surface area (TPSA) is 84.2 Å². The fourth-order valence-corrected chi connectivity index (χ4v) is 1.64. The van der Waals surface area contributed by atoms with Gasteiger partial charge in [0.05, 0.1) is 6.54 Å². The summed E-state index contributed by atoms with van der Waals surface area (Å²) < 4.78 is 1.76. The van der Waals surface area contributed by atoms with Crippen LogP contribution in [0.4, 0.5) is 0 Å². The second-order valence-corrected chi connectivity index (χ2v) is 4.30. The number of carboxylic acids is 1. The van der Waals surface area contributed by atoms with E-state index in [0.29, 0.717) is 25.8 Å². The number of nitrogens with one attached hydrogen (secondary N) is 1. The molecule has 1 unspecified atom stereocenters. The lowest BCUT2D eigenvalue weighted by atomic mass is 10.2. The number of carbonyl (C=O) groups excluding carboxylic acids is 1. The number of hydrogen-bond acceptors (Lipinski definition) is 3. The number of aliphatic carboxylic acids is 1. The highest BCUT2D eigenvalue weighted by Gasteiger charge is 2.08.